The Bertz CT molecular complexity index is 418. The molecule has 0 amide bonds. The zero-order chi connectivity index (χ0) is 14.3. The number of hydrogen-bond acceptors (Lipinski definition) is 2. The summed E-state index contributed by atoms with van der Waals surface area (Å²) in [4.78, 5) is 11.7. The SMILES string of the molecule is C/C(=C\CCOC(=O)c1ccccc1)C(C)C(C)C. The summed E-state index contributed by atoms with van der Waals surface area (Å²) in [5.41, 5.74) is 1.98. The minimum absolute atomic E-state index is 0.247. The molecule has 0 saturated heterocycles. The molecule has 1 rings (SSSR count). The third-order valence-electron chi connectivity index (χ3n) is 3.55. The summed E-state index contributed by atoms with van der Waals surface area (Å²) in [6.07, 6.45) is 2.95. The molecule has 0 aliphatic heterocycles. The second kappa shape index (κ2) is 7.78. The largest absolute Gasteiger partial charge is 0.462 e. The standard InChI is InChI=1S/C17H24O2/c1-13(2)15(4)14(3)9-8-12-19-17(18)16-10-6-5-7-11-16/h5-7,9-11,13,15H,8,12H2,1-4H3/b14-9+. The van der Waals surface area contributed by atoms with E-state index >= 15 is 0 Å². The van der Waals surface area contributed by atoms with Crippen molar-refractivity contribution in [2.75, 3.05) is 6.61 Å². The first-order chi connectivity index (χ1) is 9.02. The molecule has 1 aromatic rings. The van der Waals surface area contributed by atoms with Crippen LogP contribution in [-0.2, 0) is 4.74 Å². The molecular weight excluding hydrogens is 236 g/mol. The molecule has 0 spiro atoms. The van der Waals surface area contributed by atoms with Gasteiger partial charge in [-0.15, -0.1) is 0 Å². The van der Waals surface area contributed by atoms with E-state index < -0.39 is 0 Å². The molecule has 0 aromatic heterocycles. The number of rotatable bonds is 6. The van der Waals surface area contributed by atoms with Crippen molar-refractivity contribution in [1.82, 2.24) is 0 Å². The maximum Gasteiger partial charge on any atom is 0.338 e. The molecule has 0 heterocycles. The highest BCUT2D eigenvalue weighted by atomic mass is 16.5. The Hall–Kier alpha value is -1.57. The number of allylic oxidation sites excluding steroid dienone is 1. The van der Waals surface area contributed by atoms with Crippen LogP contribution in [0.2, 0.25) is 0 Å². The van der Waals surface area contributed by atoms with Crippen molar-refractivity contribution < 1.29 is 9.53 Å². The Morgan fingerprint density at radius 3 is 2.42 bits per heavy atom. The third kappa shape index (κ3) is 5.29. The summed E-state index contributed by atoms with van der Waals surface area (Å²) in [6, 6.07) is 9.10. The monoisotopic (exact) mass is 260 g/mol. The Labute approximate surface area is 116 Å². The summed E-state index contributed by atoms with van der Waals surface area (Å²) in [5, 5.41) is 0. The van der Waals surface area contributed by atoms with Gasteiger partial charge in [0.05, 0.1) is 12.2 Å². The molecule has 2 nitrogen and oxygen atoms in total. The van der Waals surface area contributed by atoms with Crippen LogP contribution in [0.4, 0.5) is 0 Å². The fraction of sp³-hybridized carbons (Fsp3) is 0.471. The zero-order valence-electron chi connectivity index (χ0n) is 12.3. The molecule has 0 aliphatic rings. The van der Waals surface area contributed by atoms with Crippen LogP contribution < -0.4 is 0 Å². The number of carbonyl (C=O) groups excluding carboxylic acids is 1. The number of carbonyl (C=O) groups is 1. The van der Waals surface area contributed by atoms with Gasteiger partial charge in [-0.05, 0) is 37.3 Å². The van der Waals surface area contributed by atoms with Crippen molar-refractivity contribution in [3.05, 3.63) is 47.5 Å². The molecule has 0 N–H and O–H groups in total. The van der Waals surface area contributed by atoms with E-state index in [1.165, 1.54) is 5.57 Å². The van der Waals surface area contributed by atoms with E-state index in [4.69, 9.17) is 4.74 Å². The van der Waals surface area contributed by atoms with E-state index in [1.807, 2.05) is 18.2 Å². The summed E-state index contributed by atoms with van der Waals surface area (Å²) in [6.45, 7) is 9.25. The second-order valence-corrected chi connectivity index (χ2v) is 5.27. The molecule has 0 saturated carbocycles. The quantitative estimate of drug-likeness (QED) is 0.428. The Balaban J connectivity index is 2.35. The van der Waals surface area contributed by atoms with Gasteiger partial charge < -0.3 is 4.74 Å². The molecule has 0 bridgehead atoms. The van der Waals surface area contributed by atoms with Crippen LogP contribution in [0.3, 0.4) is 0 Å². The van der Waals surface area contributed by atoms with Crippen LogP contribution in [0.15, 0.2) is 42.0 Å². The molecule has 0 radical (unpaired) electrons. The Morgan fingerprint density at radius 2 is 1.84 bits per heavy atom. The first-order valence-electron chi connectivity index (χ1n) is 6.91. The first kappa shape index (κ1) is 15.5. The first-order valence-corrected chi connectivity index (χ1v) is 6.91. The molecular formula is C17H24O2. The molecule has 1 unspecified atom stereocenters. The molecule has 0 fully saturated rings. The van der Waals surface area contributed by atoms with Crippen molar-refractivity contribution >= 4 is 5.97 Å². The predicted molar refractivity (Wildman–Crippen MR) is 79.1 cm³/mol. The van der Waals surface area contributed by atoms with E-state index in [2.05, 4.69) is 33.8 Å². The van der Waals surface area contributed by atoms with E-state index in [0.29, 0.717) is 24.0 Å². The van der Waals surface area contributed by atoms with Crippen molar-refractivity contribution in [1.29, 1.82) is 0 Å². The second-order valence-electron chi connectivity index (χ2n) is 5.27. The molecule has 1 atom stereocenters. The van der Waals surface area contributed by atoms with Gasteiger partial charge in [-0.2, -0.15) is 0 Å². The highest BCUT2D eigenvalue weighted by Gasteiger charge is 2.08. The van der Waals surface area contributed by atoms with Gasteiger partial charge in [0.1, 0.15) is 0 Å². The fourth-order valence-corrected chi connectivity index (χ4v) is 1.81. The Morgan fingerprint density at radius 1 is 1.21 bits per heavy atom. The van der Waals surface area contributed by atoms with Gasteiger partial charge in [-0.3, -0.25) is 0 Å². The van der Waals surface area contributed by atoms with Crippen LogP contribution >= 0.6 is 0 Å². The average Bonchev–Trinajstić information content (AvgIpc) is 2.43. The van der Waals surface area contributed by atoms with Crippen LogP contribution in [0.1, 0.15) is 44.5 Å². The minimum atomic E-state index is -0.247. The topological polar surface area (TPSA) is 26.3 Å². The summed E-state index contributed by atoms with van der Waals surface area (Å²) < 4.78 is 5.24. The van der Waals surface area contributed by atoms with E-state index in [-0.39, 0.29) is 5.97 Å². The van der Waals surface area contributed by atoms with Gasteiger partial charge in [0, 0.05) is 0 Å². The van der Waals surface area contributed by atoms with Gasteiger partial charge in [-0.1, -0.05) is 50.6 Å². The maximum atomic E-state index is 11.7. The fourth-order valence-electron chi connectivity index (χ4n) is 1.81. The van der Waals surface area contributed by atoms with Crippen molar-refractivity contribution in [2.45, 2.75) is 34.1 Å². The highest BCUT2D eigenvalue weighted by molar-refractivity contribution is 5.89. The molecule has 104 valence electrons. The van der Waals surface area contributed by atoms with E-state index in [1.54, 1.807) is 12.1 Å². The summed E-state index contributed by atoms with van der Waals surface area (Å²) >= 11 is 0. The number of benzene rings is 1. The predicted octanol–water partition coefficient (Wildman–Crippen LogP) is 4.47. The normalized spacial score (nSPS) is 13.4. The van der Waals surface area contributed by atoms with Gasteiger partial charge in [0.15, 0.2) is 0 Å². The lowest BCUT2D eigenvalue weighted by Gasteiger charge is -2.16. The third-order valence-corrected chi connectivity index (χ3v) is 3.55. The van der Waals surface area contributed by atoms with Gasteiger partial charge >= 0.3 is 5.97 Å². The van der Waals surface area contributed by atoms with Crippen molar-refractivity contribution in [3.8, 4) is 0 Å². The van der Waals surface area contributed by atoms with Crippen LogP contribution in [0, 0.1) is 11.8 Å². The number of ether oxygens (including phenoxy) is 1. The lowest BCUT2D eigenvalue weighted by atomic mass is 9.90. The lowest BCUT2D eigenvalue weighted by Crippen LogP contribution is -2.07. The zero-order valence-corrected chi connectivity index (χ0v) is 12.3. The minimum Gasteiger partial charge on any atom is -0.462 e. The summed E-state index contributed by atoms with van der Waals surface area (Å²) in [5.74, 6) is 0.969. The molecule has 19 heavy (non-hydrogen) atoms. The van der Waals surface area contributed by atoms with E-state index in [9.17, 15) is 4.79 Å². The van der Waals surface area contributed by atoms with Gasteiger partial charge in [0.2, 0.25) is 0 Å². The van der Waals surface area contributed by atoms with Crippen molar-refractivity contribution in [3.63, 3.8) is 0 Å². The number of hydrogen-bond donors (Lipinski definition) is 0. The maximum absolute atomic E-state index is 11.7. The summed E-state index contributed by atoms with van der Waals surface area (Å²) in [7, 11) is 0. The van der Waals surface area contributed by atoms with Crippen LogP contribution in [0.25, 0.3) is 0 Å². The number of esters is 1. The molecule has 2 heteroatoms. The van der Waals surface area contributed by atoms with Crippen molar-refractivity contribution in [2.24, 2.45) is 11.8 Å². The average molecular weight is 260 g/mol. The molecule has 1 aromatic carbocycles. The van der Waals surface area contributed by atoms with Gasteiger partial charge in [-0.25, -0.2) is 4.79 Å². The van der Waals surface area contributed by atoms with E-state index in [0.717, 1.165) is 6.42 Å². The smallest absolute Gasteiger partial charge is 0.338 e. The van der Waals surface area contributed by atoms with Gasteiger partial charge in [0.25, 0.3) is 0 Å². The highest BCUT2D eigenvalue weighted by Crippen LogP contribution is 2.19. The van der Waals surface area contributed by atoms with Crippen LogP contribution in [0.5, 0.6) is 0 Å². The lowest BCUT2D eigenvalue weighted by molar-refractivity contribution is 0.0511. The van der Waals surface area contributed by atoms with Crippen LogP contribution in [-0.4, -0.2) is 12.6 Å². The Kier molecular flexibility index (Phi) is 6.34. The molecule has 0 aliphatic carbocycles.